The average Bonchev–Trinajstić information content (AvgIpc) is 2.26. The topological polar surface area (TPSA) is 89.4 Å². The van der Waals surface area contributed by atoms with Crippen molar-refractivity contribution >= 4 is 34.0 Å². The zero-order chi connectivity index (χ0) is 13.3. The second-order valence-corrected chi connectivity index (χ2v) is 5.53. The van der Waals surface area contributed by atoms with Crippen molar-refractivity contribution in [2.45, 2.75) is 31.4 Å². The molecular formula is C12H16BrClN2O3. The van der Waals surface area contributed by atoms with E-state index in [2.05, 4.69) is 15.9 Å². The molecule has 1 aliphatic carbocycles. The van der Waals surface area contributed by atoms with Crippen LogP contribution in [-0.2, 0) is 0 Å². The highest BCUT2D eigenvalue weighted by Crippen LogP contribution is 2.35. The molecule has 19 heavy (non-hydrogen) atoms. The average molecular weight is 352 g/mol. The Morgan fingerprint density at radius 3 is 2.58 bits per heavy atom. The third kappa shape index (κ3) is 3.45. The Balaban J connectivity index is 0.00000180. The van der Waals surface area contributed by atoms with E-state index in [4.69, 9.17) is 5.73 Å². The predicted octanol–water partition coefficient (Wildman–Crippen LogP) is 2.94. The third-order valence-electron chi connectivity index (χ3n) is 3.55. The largest absolute Gasteiger partial charge is 0.391 e. The number of aliphatic hydroxyl groups is 1. The Morgan fingerprint density at radius 1 is 1.47 bits per heavy atom. The van der Waals surface area contributed by atoms with Gasteiger partial charge in [0.05, 0.1) is 21.5 Å². The van der Waals surface area contributed by atoms with Crippen molar-refractivity contribution in [3.8, 4) is 0 Å². The summed E-state index contributed by atoms with van der Waals surface area (Å²) in [7, 11) is 0. The summed E-state index contributed by atoms with van der Waals surface area (Å²) in [5.41, 5.74) is 6.56. The van der Waals surface area contributed by atoms with E-state index in [9.17, 15) is 15.2 Å². The minimum absolute atomic E-state index is 0. The van der Waals surface area contributed by atoms with Crippen molar-refractivity contribution in [1.29, 1.82) is 0 Å². The van der Waals surface area contributed by atoms with Crippen LogP contribution in [0.3, 0.4) is 0 Å². The first-order valence-corrected chi connectivity index (χ1v) is 6.67. The summed E-state index contributed by atoms with van der Waals surface area (Å²) >= 11 is 3.13. The van der Waals surface area contributed by atoms with Crippen LogP contribution in [-0.4, -0.2) is 16.1 Å². The van der Waals surface area contributed by atoms with E-state index in [1.165, 1.54) is 6.07 Å². The molecule has 0 aliphatic heterocycles. The molecule has 0 heterocycles. The molecule has 1 aliphatic rings. The molecule has 3 N–H and O–H groups in total. The molecule has 0 spiro atoms. The van der Waals surface area contributed by atoms with Crippen LogP contribution >= 0.6 is 28.3 Å². The summed E-state index contributed by atoms with van der Waals surface area (Å²) in [6, 6.07) is 4.17. The third-order valence-corrected chi connectivity index (χ3v) is 4.22. The number of aliphatic hydroxyl groups excluding tert-OH is 1. The summed E-state index contributed by atoms with van der Waals surface area (Å²) < 4.78 is 0.418. The van der Waals surface area contributed by atoms with Gasteiger partial charge in [0.1, 0.15) is 0 Å². The molecule has 1 aromatic carbocycles. The van der Waals surface area contributed by atoms with Gasteiger partial charge in [-0.1, -0.05) is 12.5 Å². The molecule has 0 saturated heterocycles. The highest BCUT2D eigenvalue weighted by molar-refractivity contribution is 9.10. The van der Waals surface area contributed by atoms with Gasteiger partial charge in [-0.2, -0.15) is 0 Å². The lowest BCUT2D eigenvalue weighted by Crippen LogP contribution is -2.36. The van der Waals surface area contributed by atoms with E-state index >= 15 is 0 Å². The number of rotatable bonds is 4. The fourth-order valence-corrected chi connectivity index (χ4v) is 2.54. The minimum Gasteiger partial charge on any atom is -0.391 e. The maximum absolute atomic E-state index is 10.8. The van der Waals surface area contributed by atoms with Gasteiger partial charge in [-0.15, -0.1) is 12.4 Å². The zero-order valence-corrected chi connectivity index (χ0v) is 12.6. The highest BCUT2D eigenvalue weighted by atomic mass is 79.9. The van der Waals surface area contributed by atoms with Crippen LogP contribution in [0.4, 0.5) is 5.69 Å². The number of hydrogen-bond donors (Lipinski definition) is 2. The highest BCUT2D eigenvalue weighted by Gasteiger charge is 2.31. The summed E-state index contributed by atoms with van der Waals surface area (Å²) in [4.78, 5) is 10.4. The number of nitrogens with zero attached hydrogens (tertiary/aromatic N) is 1. The number of benzene rings is 1. The molecule has 0 amide bonds. The van der Waals surface area contributed by atoms with E-state index in [1.807, 2.05) is 0 Å². The van der Waals surface area contributed by atoms with E-state index in [-0.39, 0.29) is 24.0 Å². The van der Waals surface area contributed by atoms with Gasteiger partial charge in [0.25, 0.3) is 5.69 Å². The normalized spacial score (nSPS) is 18.1. The van der Waals surface area contributed by atoms with Crippen molar-refractivity contribution in [1.82, 2.24) is 0 Å². The second kappa shape index (κ2) is 6.65. The molecule has 0 unspecified atom stereocenters. The number of hydrogen-bond acceptors (Lipinski definition) is 4. The molecule has 2 atom stereocenters. The molecule has 106 valence electrons. The van der Waals surface area contributed by atoms with E-state index in [1.54, 1.807) is 12.1 Å². The minimum atomic E-state index is -0.625. The Morgan fingerprint density at radius 2 is 2.11 bits per heavy atom. The maximum atomic E-state index is 10.8. The summed E-state index contributed by atoms with van der Waals surface area (Å²) in [6.45, 7) is 0. The van der Waals surface area contributed by atoms with Gasteiger partial charge in [-0.05, 0) is 46.3 Å². The Bertz CT molecular complexity index is 468. The first-order chi connectivity index (χ1) is 8.50. The molecule has 1 fully saturated rings. The smallest absolute Gasteiger partial charge is 0.283 e. The van der Waals surface area contributed by atoms with Gasteiger partial charge in [-0.25, -0.2) is 0 Å². The Kier molecular flexibility index (Phi) is 5.73. The predicted molar refractivity (Wildman–Crippen MR) is 78.3 cm³/mol. The van der Waals surface area contributed by atoms with Gasteiger partial charge in [0.2, 0.25) is 0 Å². The van der Waals surface area contributed by atoms with Crippen molar-refractivity contribution < 1.29 is 10.0 Å². The lowest BCUT2D eigenvalue weighted by atomic mass is 9.77. The van der Waals surface area contributed by atoms with Crippen LogP contribution in [0.25, 0.3) is 0 Å². The van der Waals surface area contributed by atoms with Crippen LogP contribution in [0.5, 0.6) is 0 Å². The Labute approximate surface area is 125 Å². The van der Waals surface area contributed by atoms with Gasteiger partial charge in [0.15, 0.2) is 0 Å². The van der Waals surface area contributed by atoms with Crippen molar-refractivity contribution in [3.63, 3.8) is 0 Å². The molecule has 2 rings (SSSR count). The van der Waals surface area contributed by atoms with Crippen LogP contribution in [0.1, 0.15) is 30.9 Å². The van der Waals surface area contributed by atoms with Crippen LogP contribution in [0.2, 0.25) is 0 Å². The van der Waals surface area contributed by atoms with Gasteiger partial charge >= 0.3 is 0 Å². The number of halogens is 2. The fraction of sp³-hybridized carbons (Fsp3) is 0.500. The molecule has 5 nitrogen and oxygen atoms in total. The van der Waals surface area contributed by atoms with Crippen LogP contribution in [0, 0.1) is 16.0 Å². The lowest BCUT2D eigenvalue weighted by Gasteiger charge is -2.33. The summed E-state index contributed by atoms with van der Waals surface area (Å²) in [5, 5.41) is 20.9. The standard InChI is InChI=1S/C12H15BrN2O3.ClH/c13-9-5-4-8(6-10(9)15(17)18)11(14)12(16)7-2-1-3-7;/h4-7,11-12,16H,1-3,14H2;1H/t11-,12+;/m0./s1. The van der Waals surface area contributed by atoms with Gasteiger partial charge < -0.3 is 10.8 Å². The number of nitrogens with two attached hydrogens (primary N) is 1. The maximum Gasteiger partial charge on any atom is 0.283 e. The molecule has 1 saturated carbocycles. The first-order valence-electron chi connectivity index (χ1n) is 5.88. The quantitative estimate of drug-likeness (QED) is 0.644. The second-order valence-electron chi connectivity index (χ2n) is 4.68. The first kappa shape index (κ1) is 16.4. The van der Waals surface area contributed by atoms with E-state index in [0.717, 1.165) is 19.3 Å². The van der Waals surface area contributed by atoms with Crippen molar-refractivity contribution in [3.05, 3.63) is 38.3 Å². The molecular weight excluding hydrogens is 336 g/mol. The number of nitro benzene ring substituents is 1. The van der Waals surface area contributed by atoms with Crippen molar-refractivity contribution in [2.24, 2.45) is 11.7 Å². The number of nitro groups is 1. The molecule has 0 bridgehead atoms. The van der Waals surface area contributed by atoms with Crippen LogP contribution in [0.15, 0.2) is 22.7 Å². The molecule has 7 heteroatoms. The molecule has 0 radical (unpaired) electrons. The van der Waals surface area contributed by atoms with Gasteiger partial charge in [0, 0.05) is 6.07 Å². The fourth-order valence-electron chi connectivity index (χ4n) is 2.15. The zero-order valence-electron chi connectivity index (χ0n) is 10.2. The lowest BCUT2D eigenvalue weighted by molar-refractivity contribution is -0.385. The molecule has 1 aromatic rings. The molecule has 0 aromatic heterocycles. The summed E-state index contributed by atoms with van der Waals surface area (Å²) in [5.74, 6) is 0.225. The summed E-state index contributed by atoms with van der Waals surface area (Å²) in [6.07, 6.45) is 2.45. The van der Waals surface area contributed by atoms with Crippen molar-refractivity contribution in [2.75, 3.05) is 0 Å². The SMILES string of the molecule is Cl.N[C@@H](c1ccc(Br)c([N+](=O)[O-])c1)[C@H](O)C1CCC1. The van der Waals surface area contributed by atoms with E-state index in [0.29, 0.717) is 10.0 Å². The van der Waals surface area contributed by atoms with Gasteiger partial charge in [-0.3, -0.25) is 10.1 Å². The van der Waals surface area contributed by atoms with Crippen LogP contribution < -0.4 is 5.73 Å². The van der Waals surface area contributed by atoms with E-state index < -0.39 is 17.1 Å². The monoisotopic (exact) mass is 350 g/mol. The Hall–Kier alpha value is -0.690.